The van der Waals surface area contributed by atoms with E-state index in [4.69, 9.17) is 10.5 Å². The minimum absolute atomic E-state index is 0.0396. The number of nitrogens with two attached hydrogens (primary N) is 1. The van der Waals surface area contributed by atoms with Crippen LogP contribution in [-0.2, 0) is 14.4 Å². The molecular formula is C22H29N3O4. The van der Waals surface area contributed by atoms with Crippen LogP contribution in [0.2, 0.25) is 0 Å². The zero-order valence-electron chi connectivity index (χ0n) is 16.8. The molecule has 156 valence electrons. The van der Waals surface area contributed by atoms with Crippen molar-refractivity contribution in [2.75, 3.05) is 11.9 Å². The fourth-order valence-corrected chi connectivity index (χ4v) is 5.87. The summed E-state index contributed by atoms with van der Waals surface area (Å²) >= 11 is 0. The summed E-state index contributed by atoms with van der Waals surface area (Å²) in [5.74, 6) is 1.66. The molecular weight excluding hydrogens is 370 g/mol. The van der Waals surface area contributed by atoms with E-state index in [0.29, 0.717) is 29.2 Å². The number of nitrogens with one attached hydrogen (secondary N) is 2. The van der Waals surface area contributed by atoms with E-state index in [1.807, 2.05) is 0 Å². The zero-order chi connectivity index (χ0) is 20.6. The van der Waals surface area contributed by atoms with Gasteiger partial charge in [0.15, 0.2) is 6.61 Å². The fourth-order valence-electron chi connectivity index (χ4n) is 5.87. The summed E-state index contributed by atoms with van der Waals surface area (Å²) in [5, 5.41) is 5.77. The number of anilines is 1. The van der Waals surface area contributed by atoms with Gasteiger partial charge in [-0.1, -0.05) is 6.07 Å². The predicted octanol–water partition coefficient (Wildman–Crippen LogP) is 2.21. The smallest absolute Gasteiger partial charge is 0.255 e. The third-order valence-electron chi connectivity index (χ3n) is 6.74. The van der Waals surface area contributed by atoms with E-state index in [0.717, 1.165) is 19.3 Å². The summed E-state index contributed by atoms with van der Waals surface area (Å²) in [6.45, 7) is 1.48. The van der Waals surface area contributed by atoms with Gasteiger partial charge in [0.2, 0.25) is 11.8 Å². The first-order chi connectivity index (χ1) is 13.8. The largest absolute Gasteiger partial charge is 0.484 e. The number of carbonyl (C=O) groups is 3. The number of amides is 3. The molecule has 0 heterocycles. The molecule has 1 atom stereocenters. The molecule has 4 bridgehead atoms. The van der Waals surface area contributed by atoms with Crippen molar-refractivity contribution in [1.29, 1.82) is 0 Å². The first kappa shape index (κ1) is 19.7. The van der Waals surface area contributed by atoms with E-state index in [9.17, 15) is 14.4 Å². The minimum Gasteiger partial charge on any atom is -0.484 e. The van der Waals surface area contributed by atoms with Crippen LogP contribution in [0, 0.1) is 23.2 Å². The predicted molar refractivity (Wildman–Crippen MR) is 108 cm³/mol. The number of benzene rings is 1. The number of primary amides is 1. The number of ether oxygens (including phenoxy) is 1. The summed E-state index contributed by atoms with van der Waals surface area (Å²) in [7, 11) is 0. The molecule has 4 aliphatic rings. The standard InChI is InChI=1S/C22H29N3O4/c1-13(20(27)25-17-3-2-4-18(8-17)29-12-19(23)26)24-21(28)22-9-14-5-15(10-22)7-16(6-14)11-22/h2-4,8,13-16H,5-7,9-12H2,1H3,(H2,23,26)(H,24,28)(H,25,27)/t13-,14?,15?,16?,22?/m1/s1. The Morgan fingerprint density at radius 1 is 1.14 bits per heavy atom. The summed E-state index contributed by atoms with van der Waals surface area (Å²) in [6.07, 6.45) is 6.74. The van der Waals surface area contributed by atoms with E-state index < -0.39 is 11.9 Å². The monoisotopic (exact) mass is 399 g/mol. The maximum atomic E-state index is 13.1. The molecule has 7 nitrogen and oxygen atoms in total. The lowest BCUT2D eigenvalue weighted by molar-refractivity contribution is -0.147. The van der Waals surface area contributed by atoms with Gasteiger partial charge < -0.3 is 21.1 Å². The average molecular weight is 399 g/mol. The molecule has 1 aromatic carbocycles. The van der Waals surface area contributed by atoms with Crippen LogP contribution in [-0.4, -0.2) is 30.4 Å². The van der Waals surface area contributed by atoms with Crippen LogP contribution < -0.4 is 21.1 Å². The molecule has 0 radical (unpaired) electrons. The first-order valence-corrected chi connectivity index (χ1v) is 10.5. The second-order valence-corrected chi connectivity index (χ2v) is 9.17. The molecule has 0 aromatic heterocycles. The SMILES string of the molecule is C[C@@H](NC(=O)C12CC3CC(CC(C3)C1)C2)C(=O)Nc1cccc(OCC(N)=O)c1. The van der Waals surface area contributed by atoms with Gasteiger partial charge in [-0.2, -0.15) is 0 Å². The molecule has 4 N–H and O–H groups in total. The average Bonchev–Trinajstić information content (AvgIpc) is 2.65. The van der Waals surface area contributed by atoms with Crippen molar-refractivity contribution in [3.63, 3.8) is 0 Å². The van der Waals surface area contributed by atoms with Crippen LogP contribution in [0.25, 0.3) is 0 Å². The molecule has 4 fully saturated rings. The molecule has 5 rings (SSSR count). The van der Waals surface area contributed by atoms with E-state index in [1.54, 1.807) is 31.2 Å². The summed E-state index contributed by atoms with van der Waals surface area (Å²) in [4.78, 5) is 36.6. The molecule has 3 amide bonds. The van der Waals surface area contributed by atoms with Gasteiger partial charge in [-0.3, -0.25) is 14.4 Å². The first-order valence-electron chi connectivity index (χ1n) is 10.5. The van der Waals surface area contributed by atoms with Crippen LogP contribution in [0.1, 0.15) is 45.4 Å². The molecule has 29 heavy (non-hydrogen) atoms. The quantitative estimate of drug-likeness (QED) is 0.653. The van der Waals surface area contributed by atoms with E-state index in [-0.39, 0.29) is 23.8 Å². The third-order valence-corrected chi connectivity index (χ3v) is 6.74. The van der Waals surface area contributed by atoms with Gasteiger partial charge in [0.25, 0.3) is 5.91 Å². The molecule has 0 saturated heterocycles. The zero-order valence-corrected chi connectivity index (χ0v) is 16.8. The highest BCUT2D eigenvalue weighted by molar-refractivity contribution is 5.97. The number of rotatable bonds is 7. The van der Waals surface area contributed by atoms with Crippen LogP contribution >= 0.6 is 0 Å². The van der Waals surface area contributed by atoms with E-state index in [1.165, 1.54) is 19.3 Å². The summed E-state index contributed by atoms with van der Waals surface area (Å²) < 4.78 is 5.26. The van der Waals surface area contributed by atoms with Gasteiger partial charge in [0, 0.05) is 17.2 Å². The number of carbonyl (C=O) groups excluding carboxylic acids is 3. The van der Waals surface area contributed by atoms with Gasteiger partial charge in [-0.05, 0) is 75.3 Å². The highest BCUT2D eigenvalue weighted by Gasteiger charge is 2.54. The Bertz CT molecular complexity index is 787. The van der Waals surface area contributed by atoms with Crippen molar-refractivity contribution in [1.82, 2.24) is 5.32 Å². The second-order valence-electron chi connectivity index (χ2n) is 9.17. The van der Waals surface area contributed by atoms with Gasteiger partial charge in [-0.15, -0.1) is 0 Å². The van der Waals surface area contributed by atoms with Gasteiger partial charge >= 0.3 is 0 Å². The van der Waals surface area contributed by atoms with Gasteiger partial charge in [0.05, 0.1) is 0 Å². The molecule has 4 saturated carbocycles. The highest BCUT2D eigenvalue weighted by Crippen LogP contribution is 2.60. The highest BCUT2D eigenvalue weighted by atomic mass is 16.5. The molecule has 0 unspecified atom stereocenters. The normalized spacial score (nSPS) is 30.4. The topological polar surface area (TPSA) is 111 Å². The Balaban J connectivity index is 1.35. The van der Waals surface area contributed by atoms with Crippen molar-refractivity contribution in [2.24, 2.45) is 28.9 Å². The summed E-state index contributed by atoms with van der Waals surface area (Å²) in [5.41, 5.74) is 5.34. The van der Waals surface area contributed by atoms with Crippen LogP contribution in [0.3, 0.4) is 0 Å². The Hall–Kier alpha value is -2.57. The maximum absolute atomic E-state index is 13.1. The lowest BCUT2D eigenvalue weighted by atomic mass is 9.49. The van der Waals surface area contributed by atoms with Gasteiger partial charge in [0.1, 0.15) is 11.8 Å². The Kier molecular flexibility index (Phi) is 5.23. The molecule has 0 aliphatic heterocycles. The van der Waals surface area contributed by atoms with Crippen LogP contribution in [0.5, 0.6) is 5.75 Å². The minimum atomic E-state index is -0.634. The Labute approximate surface area is 170 Å². The third kappa shape index (κ3) is 4.23. The van der Waals surface area contributed by atoms with E-state index >= 15 is 0 Å². The Morgan fingerprint density at radius 3 is 2.34 bits per heavy atom. The fraction of sp³-hybridized carbons (Fsp3) is 0.591. The van der Waals surface area contributed by atoms with Crippen molar-refractivity contribution in [2.45, 2.75) is 51.5 Å². The molecule has 1 aromatic rings. The van der Waals surface area contributed by atoms with Crippen LogP contribution in [0.15, 0.2) is 24.3 Å². The maximum Gasteiger partial charge on any atom is 0.255 e. The lowest BCUT2D eigenvalue weighted by Crippen LogP contribution is -2.56. The molecule has 0 spiro atoms. The van der Waals surface area contributed by atoms with Crippen molar-refractivity contribution in [3.05, 3.63) is 24.3 Å². The molecule has 7 heteroatoms. The van der Waals surface area contributed by atoms with Crippen molar-refractivity contribution >= 4 is 23.4 Å². The Morgan fingerprint density at radius 2 is 1.76 bits per heavy atom. The lowest BCUT2D eigenvalue weighted by Gasteiger charge is -2.55. The number of hydrogen-bond acceptors (Lipinski definition) is 4. The summed E-state index contributed by atoms with van der Waals surface area (Å²) in [6, 6.07) is 6.10. The van der Waals surface area contributed by atoms with Crippen LogP contribution in [0.4, 0.5) is 5.69 Å². The second kappa shape index (κ2) is 7.69. The van der Waals surface area contributed by atoms with Crippen molar-refractivity contribution in [3.8, 4) is 5.75 Å². The van der Waals surface area contributed by atoms with E-state index in [2.05, 4.69) is 10.6 Å². The number of hydrogen-bond donors (Lipinski definition) is 3. The van der Waals surface area contributed by atoms with Crippen molar-refractivity contribution < 1.29 is 19.1 Å². The van der Waals surface area contributed by atoms with Gasteiger partial charge in [-0.25, -0.2) is 0 Å². The molecule has 4 aliphatic carbocycles.